The largest absolute Gasteiger partial charge is 0.319 e. The molecule has 0 fully saturated rings. The number of anilines is 2. The topological polar surface area (TPSA) is 66.5 Å². The maximum Gasteiger partial charge on any atom is 0.265 e. The third-order valence-electron chi connectivity index (χ3n) is 3.34. The van der Waals surface area contributed by atoms with Gasteiger partial charge in [-0.3, -0.25) is 9.10 Å². The molecular weight excluding hydrogens is 327 g/mol. The molecule has 0 saturated heterocycles. The van der Waals surface area contributed by atoms with E-state index in [1.54, 1.807) is 12.1 Å². The minimum atomic E-state index is -3.35. The van der Waals surface area contributed by atoms with Crippen molar-refractivity contribution in [2.75, 3.05) is 22.4 Å². The Kier molecular flexibility index (Phi) is 3.65. The van der Waals surface area contributed by atoms with Gasteiger partial charge >= 0.3 is 0 Å². The molecule has 2 heterocycles. The Balaban J connectivity index is 1.86. The van der Waals surface area contributed by atoms with Gasteiger partial charge < -0.3 is 5.32 Å². The Labute approximate surface area is 131 Å². The standard InChI is InChI=1S/C14H13FN2O3S2/c1-22(19,20)17-7-6-12-11(17)8-13(21-12)14(18)16-10-5-3-2-4-9(10)15/h2-5,8H,6-7H2,1H3,(H,16,18). The molecule has 0 spiro atoms. The molecule has 1 aromatic heterocycles. The highest BCUT2D eigenvalue weighted by molar-refractivity contribution is 7.92. The fourth-order valence-electron chi connectivity index (χ4n) is 2.34. The molecule has 22 heavy (non-hydrogen) atoms. The van der Waals surface area contributed by atoms with E-state index in [1.807, 2.05) is 0 Å². The first-order valence-corrected chi connectivity index (χ1v) is 9.19. The van der Waals surface area contributed by atoms with Gasteiger partial charge in [0.25, 0.3) is 5.91 Å². The number of para-hydroxylation sites is 1. The Bertz CT molecular complexity index is 846. The van der Waals surface area contributed by atoms with Crippen LogP contribution in [0.5, 0.6) is 0 Å². The van der Waals surface area contributed by atoms with E-state index in [4.69, 9.17) is 0 Å². The van der Waals surface area contributed by atoms with Gasteiger partial charge in [0.15, 0.2) is 0 Å². The molecule has 5 nitrogen and oxygen atoms in total. The van der Waals surface area contributed by atoms with Gasteiger partial charge in [-0.05, 0) is 18.2 Å². The number of sulfonamides is 1. The third-order valence-corrected chi connectivity index (χ3v) is 5.71. The zero-order valence-electron chi connectivity index (χ0n) is 11.7. The van der Waals surface area contributed by atoms with Crippen molar-refractivity contribution in [2.24, 2.45) is 0 Å². The number of benzene rings is 1. The number of carbonyl (C=O) groups is 1. The normalized spacial score (nSPS) is 14.0. The smallest absolute Gasteiger partial charge is 0.265 e. The lowest BCUT2D eigenvalue weighted by atomic mass is 10.3. The Morgan fingerprint density at radius 2 is 2.09 bits per heavy atom. The van der Waals surface area contributed by atoms with Gasteiger partial charge in [-0.1, -0.05) is 12.1 Å². The van der Waals surface area contributed by atoms with Crippen LogP contribution in [-0.2, 0) is 16.4 Å². The summed E-state index contributed by atoms with van der Waals surface area (Å²) in [5, 5.41) is 2.50. The molecule has 1 aliphatic heterocycles. The summed E-state index contributed by atoms with van der Waals surface area (Å²) in [6.07, 6.45) is 1.72. The molecule has 3 rings (SSSR count). The van der Waals surface area contributed by atoms with Crippen LogP contribution in [0.4, 0.5) is 15.8 Å². The lowest BCUT2D eigenvalue weighted by Gasteiger charge is -2.14. The number of halogens is 1. The first-order valence-electron chi connectivity index (χ1n) is 6.52. The van der Waals surface area contributed by atoms with Gasteiger partial charge in [0.05, 0.1) is 22.5 Å². The molecule has 1 N–H and O–H groups in total. The van der Waals surface area contributed by atoms with Crippen molar-refractivity contribution in [1.29, 1.82) is 0 Å². The minimum absolute atomic E-state index is 0.0982. The number of carbonyl (C=O) groups excluding carboxylic acids is 1. The number of hydrogen-bond donors (Lipinski definition) is 1. The molecule has 0 saturated carbocycles. The Morgan fingerprint density at radius 3 is 2.77 bits per heavy atom. The van der Waals surface area contributed by atoms with E-state index in [2.05, 4.69) is 5.32 Å². The number of thiophene rings is 1. The van der Waals surface area contributed by atoms with Gasteiger partial charge in [-0.2, -0.15) is 0 Å². The van der Waals surface area contributed by atoms with Gasteiger partial charge in [0, 0.05) is 17.8 Å². The Morgan fingerprint density at radius 1 is 1.36 bits per heavy atom. The second-order valence-corrected chi connectivity index (χ2v) is 7.98. The van der Waals surface area contributed by atoms with Crippen molar-refractivity contribution in [3.63, 3.8) is 0 Å². The molecule has 0 aliphatic carbocycles. The van der Waals surface area contributed by atoms with E-state index in [0.29, 0.717) is 23.5 Å². The molecule has 0 unspecified atom stereocenters. The van der Waals surface area contributed by atoms with Crippen LogP contribution in [0.1, 0.15) is 14.5 Å². The third kappa shape index (κ3) is 2.71. The summed E-state index contributed by atoms with van der Waals surface area (Å²) in [5.74, 6) is -0.962. The maximum atomic E-state index is 13.5. The van der Waals surface area contributed by atoms with Crippen LogP contribution in [0.2, 0.25) is 0 Å². The van der Waals surface area contributed by atoms with Crippen molar-refractivity contribution in [2.45, 2.75) is 6.42 Å². The number of nitrogens with one attached hydrogen (secondary N) is 1. The zero-order chi connectivity index (χ0) is 15.9. The fraction of sp³-hybridized carbons (Fsp3) is 0.214. The number of rotatable bonds is 3. The van der Waals surface area contributed by atoms with Crippen LogP contribution in [0.3, 0.4) is 0 Å². The zero-order valence-corrected chi connectivity index (χ0v) is 13.3. The van der Waals surface area contributed by atoms with Gasteiger partial charge in [-0.15, -0.1) is 11.3 Å². The lowest BCUT2D eigenvalue weighted by Crippen LogP contribution is -2.27. The van der Waals surface area contributed by atoms with Crippen LogP contribution in [0.15, 0.2) is 30.3 Å². The van der Waals surface area contributed by atoms with Gasteiger partial charge in [0.1, 0.15) is 5.82 Å². The van der Waals surface area contributed by atoms with E-state index >= 15 is 0 Å². The van der Waals surface area contributed by atoms with Crippen molar-refractivity contribution in [3.05, 3.63) is 45.9 Å². The number of nitrogens with zero attached hydrogens (tertiary/aromatic N) is 1. The van der Waals surface area contributed by atoms with E-state index in [0.717, 1.165) is 11.1 Å². The van der Waals surface area contributed by atoms with E-state index in [-0.39, 0.29) is 5.69 Å². The summed E-state index contributed by atoms with van der Waals surface area (Å²) in [6.45, 7) is 0.398. The Hall–Kier alpha value is -1.93. The van der Waals surface area contributed by atoms with Crippen molar-refractivity contribution in [1.82, 2.24) is 0 Å². The monoisotopic (exact) mass is 340 g/mol. The molecule has 0 bridgehead atoms. The molecule has 1 aliphatic rings. The van der Waals surface area contributed by atoms with E-state index in [1.165, 1.54) is 33.8 Å². The average molecular weight is 340 g/mol. The van der Waals surface area contributed by atoms with Gasteiger partial charge in [0.2, 0.25) is 10.0 Å². The fourth-order valence-corrected chi connectivity index (χ4v) is 4.38. The van der Waals surface area contributed by atoms with Crippen LogP contribution >= 0.6 is 11.3 Å². The average Bonchev–Trinajstić information content (AvgIpc) is 2.99. The van der Waals surface area contributed by atoms with Crippen LogP contribution in [0.25, 0.3) is 0 Å². The van der Waals surface area contributed by atoms with Crippen molar-refractivity contribution in [3.8, 4) is 0 Å². The first-order chi connectivity index (χ1) is 10.4. The summed E-state index contributed by atoms with van der Waals surface area (Å²) in [6, 6.07) is 7.43. The molecule has 8 heteroatoms. The lowest BCUT2D eigenvalue weighted by molar-refractivity contribution is 0.103. The number of hydrogen-bond acceptors (Lipinski definition) is 4. The predicted molar refractivity (Wildman–Crippen MR) is 84.6 cm³/mol. The first kappa shape index (κ1) is 15.0. The van der Waals surface area contributed by atoms with E-state index < -0.39 is 21.7 Å². The van der Waals surface area contributed by atoms with E-state index in [9.17, 15) is 17.6 Å². The quantitative estimate of drug-likeness (QED) is 0.933. The SMILES string of the molecule is CS(=O)(=O)N1CCc2sc(C(=O)Nc3ccccc3F)cc21. The van der Waals surface area contributed by atoms with Crippen LogP contribution in [0, 0.1) is 5.82 Å². The minimum Gasteiger partial charge on any atom is -0.319 e. The highest BCUT2D eigenvalue weighted by Crippen LogP contribution is 2.37. The van der Waals surface area contributed by atoms with Gasteiger partial charge in [-0.25, -0.2) is 12.8 Å². The second kappa shape index (κ2) is 5.36. The second-order valence-electron chi connectivity index (χ2n) is 4.94. The molecule has 1 aromatic carbocycles. The molecule has 2 aromatic rings. The predicted octanol–water partition coefficient (Wildman–Crippen LogP) is 2.46. The summed E-state index contributed by atoms with van der Waals surface area (Å²) >= 11 is 1.23. The molecule has 0 radical (unpaired) electrons. The summed E-state index contributed by atoms with van der Waals surface area (Å²) in [7, 11) is -3.35. The highest BCUT2D eigenvalue weighted by Gasteiger charge is 2.29. The van der Waals surface area contributed by atoms with Crippen molar-refractivity contribution < 1.29 is 17.6 Å². The van der Waals surface area contributed by atoms with Crippen molar-refractivity contribution >= 4 is 38.6 Å². The summed E-state index contributed by atoms with van der Waals surface area (Å²) in [4.78, 5) is 13.4. The summed E-state index contributed by atoms with van der Waals surface area (Å²) < 4.78 is 38.2. The molecule has 1 amide bonds. The molecule has 116 valence electrons. The number of fused-ring (bicyclic) bond motifs is 1. The van der Waals surface area contributed by atoms with Crippen LogP contribution in [-0.4, -0.2) is 27.1 Å². The molecular formula is C14H13FN2O3S2. The number of amides is 1. The van der Waals surface area contributed by atoms with Crippen LogP contribution < -0.4 is 9.62 Å². The molecule has 0 atom stereocenters. The summed E-state index contributed by atoms with van der Waals surface area (Å²) in [5.41, 5.74) is 0.646. The maximum absolute atomic E-state index is 13.5. The highest BCUT2D eigenvalue weighted by atomic mass is 32.2.